The van der Waals surface area contributed by atoms with Crippen LogP contribution in [0.3, 0.4) is 0 Å². The number of esters is 1. The monoisotopic (exact) mass is 512 g/mol. The first-order chi connectivity index (χ1) is 17.2. The number of allylic oxidation sites excluding steroid dienone is 1. The Morgan fingerprint density at radius 1 is 0.919 bits per heavy atom. The van der Waals surface area contributed by atoms with E-state index in [2.05, 4.69) is 41.2 Å². The number of rotatable bonds is 3. The molecular formula is C33H52O4. The minimum Gasteiger partial charge on any atom is -0.463 e. The van der Waals surface area contributed by atoms with Crippen LogP contribution in [0.2, 0.25) is 0 Å². The second kappa shape index (κ2) is 7.87. The predicted molar refractivity (Wildman–Crippen MR) is 145 cm³/mol. The smallest absolute Gasteiger partial charge is 0.312 e. The van der Waals surface area contributed by atoms with Gasteiger partial charge >= 0.3 is 5.97 Å². The number of aliphatic hydroxyl groups is 1. The fourth-order valence-corrected chi connectivity index (χ4v) is 12.2. The van der Waals surface area contributed by atoms with Crippen molar-refractivity contribution in [1.82, 2.24) is 0 Å². The van der Waals surface area contributed by atoms with Gasteiger partial charge in [0.25, 0.3) is 0 Å². The zero-order valence-electron chi connectivity index (χ0n) is 24.6. The Labute approximate surface area is 225 Å². The molecule has 7 rings (SSSR count). The summed E-state index contributed by atoms with van der Waals surface area (Å²) in [6, 6.07) is 0. The van der Waals surface area contributed by atoms with Gasteiger partial charge in [0, 0.05) is 17.3 Å². The average molecular weight is 513 g/mol. The number of carbonyl (C=O) groups excluding carboxylic acids is 1. The highest BCUT2D eigenvalue weighted by atomic mass is 16.6. The summed E-state index contributed by atoms with van der Waals surface area (Å²) in [6.07, 6.45) is 10.7. The van der Waals surface area contributed by atoms with Crippen LogP contribution in [0.4, 0.5) is 0 Å². The molecule has 0 amide bonds. The Hall–Kier alpha value is -0.870. The highest BCUT2D eigenvalue weighted by Crippen LogP contribution is 2.79. The molecule has 2 bridgehead atoms. The summed E-state index contributed by atoms with van der Waals surface area (Å²) in [6.45, 7) is 21.1. The van der Waals surface area contributed by atoms with Gasteiger partial charge in [0.15, 0.2) is 5.79 Å². The third-order valence-corrected chi connectivity index (χ3v) is 14.3. The van der Waals surface area contributed by atoms with Gasteiger partial charge in [-0.15, -0.1) is 0 Å². The normalized spacial score (nSPS) is 53.6. The minimum absolute atomic E-state index is 0.0676. The minimum atomic E-state index is -0.964. The van der Waals surface area contributed by atoms with Gasteiger partial charge in [-0.3, -0.25) is 4.79 Å². The lowest BCUT2D eigenvalue weighted by molar-refractivity contribution is -0.400. The standard InChI is InChI=1S/C33H52O4/c1-20(2)22-11-14-31(27(34)37-21(3)4)16-15-29(7)23(26(22)31)9-10-25-30(29,8)13-12-24-28(5,6)33(35)18-17-32(24,25)19-36-33/h21-26,35H,1,9-19H2,2-8H3/t22-,23+,24-,25-,26+,29+,30+,31-,32+,33+/m0/s1. The summed E-state index contributed by atoms with van der Waals surface area (Å²) in [5, 5.41) is 11.4. The molecule has 0 aromatic carbocycles. The van der Waals surface area contributed by atoms with Crippen LogP contribution < -0.4 is 0 Å². The average Bonchev–Trinajstić information content (AvgIpc) is 3.22. The molecule has 4 heteroatoms. The zero-order chi connectivity index (χ0) is 26.8. The number of hydrogen-bond donors (Lipinski definition) is 1. The maximum absolute atomic E-state index is 13.8. The van der Waals surface area contributed by atoms with Crippen LogP contribution in [0.15, 0.2) is 12.2 Å². The first-order valence-corrected chi connectivity index (χ1v) is 15.4. The summed E-state index contributed by atoms with van der Waals surface area (Å²) < 4.78 is 12.4. The molecule has 1 spiro atoms. The molecule has 4 nitrogen and oxygen atoms in total. The van der Waals surface area contributed by atoms with Crippen LogP contribution >= 0.6 is 0 Å². The van der Waals surface area contributed by atoms with Gasteiger partial charge in [0.2, 0.25) is 0 Å². The SMILES string of the molecule is C=C(C)[C@@H]1CC[C@]2(C(=O)OC(C)C)CC[C@]3(C)[C@H](CC[C@@H]4[C@]56CC[C@@](O)(OC5)C(C)(C)[C@@H]6CC[C@]43C)[C@@H]12. The van der Waals surface area contributed by atoms with Gasteiger partial charge in [-0.25, -0.2) is 0 Å². The summed E-state index contributed by atoms with van der Waals surface area (Å²) >= 11 is 0. The van der Waals surface area contributed by atoms with Crippen molar-refractivity contribution in [2.75, 3.05) is 6.61 Å². The van der Waals surface area contributed by atoms with Gasteiger partial charge in [-0.2, -0.15) is 0 Å². The Morgan fingerprint density at radius 2 is 1.65 bits per heavy atom. The molecule has 0 aromatic heterocycles. The van der Waals surface area contributed by atoms with E-state index in [0.717, 1.165) is 45.1 Å². The van der Waals surface area contributed by atoms with Gasteiger partial charge < -0.3 is 14.6 Å². The molecule has 37 heavy (non-hydrogen) atoms. The molecule has 7 fully saturated rings. The van der Waals surface area contributed by atoms with E-state index in [1.807, 2.05) is 13.8 Å². The molecule has 208 valence electrons. The van der Waals surface area contributed by atoms with Crippen molar-refractivity contribution in [3.05, 3.63) is 12.2 Å². The van der Waals surface area contributed by atoms with Crippen molar-refractivity contribution in [3.8, 4) is 0 Å². The van der Waals surface area contributed by atoms with Gasteiger partial charge in [0.1, 0.15) is 0 Å². The van der Waals surface area contributed by atoms with Crippen molar-refractivity contribution in [2.24, 2.45) is 56.7 Å². The van der Waals surface area contributed by atoms with Crippen molar-refractivity contribution >= 4 is 5.97 Å². The molecule has 0 unspecified atom stereocenters. The van der Waals surface area contributed by atoms with Crippen LogP contribution in [0, 0.1) is 56.7 Å². The van der Waals surface area contributed by atoms with E-state index in [9.17, 15) is 9.90 Å². The largest absolute Gasteiger partial charge is 0.463 e. The highest BCUT2D eigenvalue weighted by Gasteiger charge is 2.76. The number of carbonyl (C=O) groups is 1. The van der Waals surface area contributed by atoms with E-state index in [-0.39, 0.29) is 39.1 Å². The fourth-order valence-electron chi connectivity index (χ4n) is 12.2. The molecule has 5 saturated carbocycles. The second-order valence-electron chi connectivity index (χ2n) is 15.8. The van der Waals surface area contributed by atoms with Gasteiger partial charge in [-0.1, -0.05) is 39.8 Å². The lowest BCUT2D eigenvalue weighted by atomic mass is 9.31. The lowest BCUT2D eigenvalue weighted by Gasteiger charge is -2.75. The molecule has 7 aliphatic rings. The third-order valence-electron chi connectivity index (χ3n) is 14.3. The topological polar surface area (TPSA) is 55.8 Å². The van der Waals surface area contributed by atoms with E-state index < -0.39 is 5.79 Å². The molecule has 2 aliphatic heterocycles. The first-order valence-electron chi connectivity index (χ1n) is 15.4. The zero-order valence-corrected chi connectivity index (χ0v) is 24.6. The van der Waals surface area contributed by atoms with Crippen LogP contribution in [-0.2, 0) is 14.3 Å². The molecular weight excluding hydrogens is 460 g/mol. The summed E-state index contributed by atoms with van der Waals surface area (Å²) in [5.41, 5.74) is 1.29. The molecule has 1 N–H and O–H groups in total. The molecule has 0 aromatic rings. The van der Waals surface area contributed by atoms with Gasteiger partial charge in [0.05, 0.1) is 18.1 Å². The van der Waals surface area contributed by atoms with E-state index >= 15 is 0 Å². The van der Waals surface area contributed by atoms with Crippen molar-refractivity contribution in [2.45, 2.75) is 125 Å². The van der Waals surface area contributed by atoms with Crippen molar-refractivity contribution < 1.29 is 19.4 Å². The Balaban J connectivity index is 1.41. The summed E-state index contributed by atoms with van der Waals surface area (Å²) in [5.74, 6) is 1.53. The number of ether oxygens (including phenoxy) is 2. The van der Waals surface area contributed by atoms with Crippen LogP contribution in [-0.4, -0.2) is 29.6 Å². The second-order valence-corrected chi connectivity index (χ2v) is 15.8. The Bertz CT molecular complexity index is 988. The predicted octanol–water partition coefficient (Wildman–Crippen LogP) is 7.29. The van der Waals surface area contributed by atoms with Crippen molar-refractivity contribution in [1.29, 1.82) is 0 Å². The van der Waals surface area contributed by atoms with Crippen LogP contribution in [0.25, 0.3) is 0 Å². The summed E-state index contributed by atoms with van der Waals surface area (Å²) in [4.78, 5) is 13.8. The molecule has 5 aliphatic carbocycles. The van der Waals surface area contributed by atoms with E-state index in [1.165, 1.54) is 31.3 Å². The van der Waals surface area contributed by atoms with Crippen LogP contribution in [0.5, 0.6) is 0 Å². The Kier molecular flexibility index (Phi) is 5.60. The quantitative estimate of drug-likeness (QED) is 0.318. The lowest BCUT2D eigenvalue weighted by Crippen LogP contribution is -2.74. The number of hydrogen-bond acceptors (Lipinski definition) is 4. The molecule has 10 atom stereocenters. The third kappa shape index (κ3) is 3.01. The molecule has 2 heterocycles. The highest BCUT2D eigenvalue weighted by molar-refractivity contribution is 5.78. The van der Waals surface area contributed by atoms with E-state index in [0.29, 0.717) is 29.6 Å². The Morgan fingerprint density at radius 3 is 2.27 bits per heavy atom. The maximum Gasteiger partial charge on any atom is 0.312 e. The van der Waals surface area contributed by atoms with Gasteiger partial charge in [-0.05, 0) is 119 Å². The van der Waals surface area contributed by atoms with E-state index in [1.54, 1.807) is 0 Å². The summed E-state index contributed by atoms with van der Waals surface area (Å²) in [7, 11) is 0. The molecule has 2 saturated heterocycles. The first kappa shape index (κ1) is 26.4. The fraction of sp³-hybridized carbons (Fsp3) is 0.909. The molecule has 0 radical (unpaired) electrons. The number of fused-ring (bicyclic) bond motifs is 7. The van der Waals surface area contributed by atoms with Crippen molar-refractivity contribution in [3.63, 3.8) is 0 Å². The maximum atomic E-state index is 13.8. The van der Waals surface area contributed by atoms with Crippen LogP contribution in [0.1, 0.15) is 113 Å². The van der Waals surface area contributed by atoms with E-state index in [4.69, 9.17) is 9.47 Å².